The molecule has 11 heteroatoms. The SMILES string of the molecule is Cc1ncc(Cl)cc1C(=O)N[C@H]1CC[C@H](Cn2c(=O)n(-c3ccc4c(c3)c(Cl)nn4C3CCCCO3)c3ccccc32)CC1. The van der Waals surface area contributed by atoms with Crippen LogP contribution in [0.3, 0.4) is 0 Å². The first-order valence-corrected chi connectivity index (χ1v) is 16.1. The summed E-state index contributed by atoms with van der Waals surface area (Å²) in [7, 11) is 0. The molecule has 1 saturated heterocycles. The lowest BCUT2D eigenvalue weighted by Crippen LogP contribution is -2.39. The fraction of sp³-hybridized carbons (Fsp3) is 0.394. The minimum atomic E-state index is -0.144. The molecule has 7 rings (SSSR count). The lowest BCUT2D eigenvalue weighted by atomic mass is 9.85. The summed E-state index contributed by atoms with van der Waals surface area (Å²) in [6.07, 6.45) is 7.98. The number of aromatic nitrogens is 5. The summed E-state index contributed by atoms with van der Waals surface area (Å²) in [5, 5.41) is 9.40. The van der Waals surface area contributed by atoms with Crippen LogP contribution in [0, 0.1) is 12.8 Å². The van der Waals surface area contributed by atoms with Crippen LogP contribution in [0.2, 0.25) is 10.2 Å². The topological polar surface area (TPSA) is 96.0 Å². The number of aryl methyl sites for hydroxylation is 1. The quantitative estimate of drug-likeness (QED) is 0.221. The Bertz CT molecular complexity index is 1910. The highest BCUT2D eigenvalue weighted by molar-refractivity contribution is 6.34. The number of pyridine rings is 1. The number of imidazole rings is 1. The number of para-hydroxylation sites is 2. The first kappa shape index (κ1) is 29.1. The largest absolute Gasteiger partial charge is 0.356 e. The summed E-state index contributed by atoms with van der Waals surface area (Å²) >= 11 is 12.7. The van der Waals surface area contributed by atoms with Crippen molar-refractivity contribution in [3.05, 3.63) is 86.6 Å². The van der Waals surface area contributed by atoms with E-state index in [0.29, 0.717) is 40.5 Å². The smallest absolute Gasteiger partial charge is 0.333 e. The Kier molecular flexibility index (Phi) is 7.95. The third-order valence-corrected chi connectivity index (χ3v) is 9.57. The van der Waals surface area contributed by atoms with E-state index in [1.54, 1.807) is 16.8 Å². The number of hydrogen-bond donors (Lipinski definition) is 1. The van der Waals surface area contributed by atoms with E-state index in [4.69, 9.17) is 27.9 Å². The number of rotatable bonds is 6. The Balaban J connectivity index is 1.11. The van der Waals surface area contributed by atoms with Gasteiger partial charge in [-0.3, -0.25) is 18.9 Å². The lowest BCUT2D eigenvalue weighted by molar-refractivity contribution is -0.0366. The number of carbonyl (C=O) groups excluding carboxylic acids is 1. The molecule has 228 valence electrons. The highest BCUT2D eigenvalue weighted by atomic mass is 35.5. The number of hydrogen-bond acceptors (Lipinski definition) is 5. The Labute approximate surface area is 264 Å². The molecule has 1 N–H and O–H groups in total. The van der Waals surface area contributed by atoms with Gasteiger partial charge in [0, 0.05) is 30.8 Å². The molecule has 1 saturated carbocycles. The molecule has 1 atom stereocenters. The minimum absolute atomic E-state index is 0.0756. The van der Waals surface area contributed by atoms with E-state index >= 15 is 0 Å². The van der Waals surface area contributed by atoms with Gasteiger partial charge in [0.05, 0.1) is 38.5 Å². The van der Waals surface area contributed by atoms with Crippen molar-refractivity contribution in [3.8, 4) is 5.69 Å². The average Bonchev–Trinajstić information content (AvgIpc) is 3.52. The lowest BCUT2D eigenvalue weighted by Gasteiger charge is -2.29. The minimum Gasteiger partial charge on any atom is -0.356 e. The molecule has 0 radical (unpaired) electrons. The zero-order chi connectivity index (χ0) is 30.4. The molecule has 1 aliphatic carbocycles. The van der Waals surface area contributed by atoms with Crippen molar-refractivity contribution in [1.29, 1.82) is 0 Å². The third-order valence-electron chi connectivity index (χ3n) is 9.09. The van der Waals surface area contributed by atoms with E-state index in [1.165, 1.54) is 0 Å². The molecule has 3 aromatic heterocycles. The van der Waals surface area contributed by atoms with E-state index in [0.717, 1.165) is 72.6 Å². The van der Waals surface area contributed by atoms with Crippen LogP contribution in [-0.2, 0) is 11.3 Å². The standard InChI is InChI=1S/C33H34Cl2N6O3/c1-20-25(16-22(34)18-36-20)32(42)37-23-11-9-21(10-12-23)19-39-28-6-2-3-7-29(28)40(33(39)43)24-13-14-27-26(17-24)31(35)38-41(27)30-8-4-5-15-44-30/h2-3,6-7,13-14,16-18,21,23,30H,4-5,8-12,15,19H2,1H3,(H,37,42)/t21-,23-,30?. The second kappa shape index (κ2) is 12.0. The van der Waals surface area contributed by atoms with Gasteiger partial charge in [-0.25, -0.2) is 9.48 Å². The summed E-state index contributed by atoms with van der Waals surface area (Å²) in [5.41, 5.74) is 4.48. The first-order valence-electron chi connectivity index (χ1n) is 15.3. The number of benzene rings is 2. The van der Waals surface area contributed by atoms with Gasteiger partial charge in [0.25, 0.3) is 5.91 Å². The van der Waals surface area contributed by atoms with Crippen LogP contribution in [-0.4, -0.2) is 42.5 Å². The van der Waals surface area contributed by atoms with Crippen molar-refractivity contribution in [2.45, 2.75) is 70.7 Å². The van der Waals surface area contributed by atoms with E-state index in [9.17, 15) is 9.59 Å². The van der Waals surface area contributed by atoms with E-state index in [2.05, 4.69) is 15.4 Å². The van der Waals surface area contributed by atoms with Gasteiger partial charge in [-0.05, 0) is 94.2 Å². The molecule has 9 nitrogen and oxygen atoms in total. The van der Waals surface area contributed by atoms with Gasteiger partial charge < -0.3 is 10.1 Å². The number of ether oxygens (including phenoxy) is 1. The molecule has 1 unspecified atom stereocenters. The highest BCUT2D eigenvalue weighted by Crippen LogP contribution is 2.33. The molecule has 5 aromatic rings. The Morgan fingerprint density at radius 2 is 1.80 bits per heavy atom. The van der Waals surface area contributed by atoms with Crippen LogP contribution in [0.15, 0.2) is 59.5 Å². The van der Waals surface area contributed by atoms with Crippen molar-refractivity contribution in [3.63, 3.8) is 0 Å². The van der Waals surface area contributed by atoms with Gasteiger partial charge in [-0.1, -0.05) is 35.3 Å². The highest BCUT2D eigenvalue weighted by Gasteiger charge is 2.26. The summed E-state index contributed by atoms with van der Waals surface area (Å²) in [5.74, 6) is 0.175. The molecule has 0 spiro atoms. The summed E-state index contributed by atoms with van der Waals surface area (Å²) in [6, 6.07) is 15.5. The third kappa shape index (κ3) is 5.42. The molecule has 2 aliphatic rings. The van der Waals surface area contributed by atoms with Gasteiger partial charge in [0.1, 0.15) is 0 Å². The number of nitrogens with one attached hydrogen (secondary N) is 1. The molecule has 4 heterocycles. The van der Waals surface area contributed by atoms with Crippen molar-refractivity contribution < 1.29 is 9.53 Å². The molecule has 2 fully saturated rings. The number of carbonyl (C=O) groups is 1. The van der Waals surface area contributed by atoms with Gasteiger partial charge in [0.2, 0.25) is 0 Å². The van der Waals surface area contributed by atoms with Crippen LogP contribution in [0.5, 0.6) is 0 Å². The number of nitrogens with zero attached hydrogens (tertiary/aromatic N) is 5. The van der Waals surface area contributed by atoms with Gasteiger partial charge >= 0.3 is 5.69 Å². The molecule has 1 aliphatic heterocycles. The van der Waals surface area contributed by atoms with Gasteiger partial charge in [-0.15, -0.1) is 0 Å². The molecule has 0 bridgehead atoms. The van der Waals surface area contributed by atoms with Crippen LogP contribution >= 0.6 is 23.2 Å². The summed E-state index contributed by atoms with van der Waals surface area (Å²) in [4.78, 5) is 31.1. The predicted octanol–water partition coefficient (Wildman–Crippen LogP) is 6.84. The summed E-state index contributed by atoms with van der Waals surface area (Å²) in [6.45, 7) is 3.14. The van der Waals surface area contributed by atoms with Crippen molar-refractivity contribution in [2.75, 3.05) is 6.61 Å². The zero-order valence-corrected chi connectivity index (χ0v) is 26.0. The number of amides is 1. The molecule has 1 amide bonds. The van der Waals surface area contributed by atoms with Crippen LogP contribution in [0.4, 0.5) is 0 Å². The van der Waals surface area contributed by atoms with Crippen molar-refractivity contribution in [1.82, 2.24) is 29.2 Å². The van der Waals surface area contributed by atoms with E-state index < -0.39 is 0 Å². The first-order chi connectivity index (χ1) is 21.4. The maximum absolute atomic E-state index is 14.0. The molecular weight excluding hydrogens is 599 g/mol. The Morgan fingerprint density at radius 3 is 2.57 bits per heavy atom. The second-order valence-corrected chi connectivity index (χ2v) is 12.7. The Morgan fingerprint density at radius 1 is 1.00 bits per heavy atom. The monoisotopic (exact) mass is 632 g/mol. The fourth-order valence-corrected chi connectivity index (χ4v) is 7.14. The maximum Gasteiger partial charge on any atom is 0.333 e. The van der Waals surface area contributed by atoms with E-state index in [-0.39, 0.29) is 23.9 Å². The van der Waals surface area contributed by atoms with Crippen molar-refractivity contribution in [2.24, 2.45) is 5.92 Å². The average molecular weight is 634 g/mol. The number of halogens is 2. The molecular formula is C33H34Cl2N6O3. The van der Waals surface area contributed by atoms with Crippen LogP contribution in [0.1, 0.15) is 67.2 Å². The van der Waals surface area contributed by atoms with Crippen LogP contribution < -0.4 is 11.0 Å². The second-order valence-electron chi connectivity index (χ2n) is 12.0. The maximum atomic E-state index is 14.0. The Hall–Kier alpha value is -3.66. The van der Waals surface area contributed by atoms with Gasteiger partial charge in [-0.2, -0.15) is 5.10 Å². The van der Waals surface area contributed by atoms with Gasteiger partial charge in [0.15, 0.2) is 11.4 Å². The molecule has 2 aromatic carbocycles. The van der Waals surface area contributed by atoms with Crippen LogP contribution in [0.25, 0.3) is 27.6 Å². The fourth-order valence-electron chi connectivity index (χ4n) is 6.75. The number of fused-ring (bicyclic) bond motifs is 2. The predicted molar refractivity (Wildman–Crippen MR) is 172 cm³/mol. The van der Waals surface area contributed by atoms with Crippen molar-refractivity contribution >= 4 is 51.0 Å². The molecule has 44 heavy (non-hydrogen) atoms. The summed E-state index contributed by atoms with van der Waals surface area (Å²) < 4.78 is 11.5. The normalized spacial score (nSPS) is 20.8. The van der Waals surface area contributed by atoms with E-state index in [1.807, 2.05) is 58.6 Å². The zero-order valence-electron chi connectivity index (χ0n) is 24.5.